The van der Waals surface area contributed by atoms with Gasteiger partial charge in [-0.15, -0.1) is 0 Å². The zero-order valence-electron chi connectivity index (χ0n) is 14.1. The molecule has 1 saturated carbocycles. The molecule has 1 aromatic heterocycles. The van der Waals surface area contributed by atoms with Crippen LogP contribution in [-0.2, 0) is 13.1 Å². The number of hydrogen-bond acceptors (Lipinski definition) is 4. The fourth-order valence-corrected chi connectivity index (χ4v) is 3.25. The summed E-state index contributed by atoms with van der Waals surface area (Å²) in [5.74, 6) is 1.70. The number of aromatic nitrogens is 3. The molecule has 0 saturated heterocycles. The topological polar surface area (TPSA) is 52.0 Å². The highest BCUT2D eigenvalue weighted by molar-refractivity contribution is 5.27. The molecule has 1 aliphatic rings. The Morgan fingerprint density at radius 1 is 1.33 bits per heavy atom. The first-order valence-electron chi connectivity index (χ1n) is 8.65. The summed E-state index contributed by atoms with van der Waals surface area (Å²) in [6, 6.07) is 8.45. The van der Waals surface area contributed by atoms with Crippen molar-refractivity contribution in [2.75, 3.05) is 6.67 Å². The van der Waals surface area contributed by atoms with E-state index in [1.54, 1.807) is 4.68 Å². The van der Waals surface area contributed by atoms with Gasteiger partial charge in [0.25, 0.3) is 0 Å². The van der Waals surface area contributed by atoms with E-state index in [0.717, 1.165) is 24.4 Å². The van der Waals surface area contributed by atoms with Crippen LogP contribution in [0.3, 0.4) is 0 Å². The second-order valence-electron chi connectivity index (χ2n) is 6.33. The van der Waals surface area contributed by atoms with Crippen LogP contribution in [0.4, 0.5) is 4.39 Å². The second-order valence-corrected chi connectivity index (χ2v) is 6.33. The lowest BCUT2D eigenvalue weighted by Crippen LogP contribution is -2.45. The second kappa shape index (κ2) is 8.24. The Labute approximate surface area is 142 Å². The minimum atomic E-state index is -0.432. The van der Waals surface area contributed by atoms with Gasteiger partial charge in [-0.05, 0) is 43.9 Å². The third-order valence-electron chi connectivity index (χ3n) is 4.49. The van der Waals surface area contributed by atoms with Crippen molar-refractivity contribution in [1.29, 1.82) is 0 Å². The number of hydrogen-bond donors (Lipinski definition) is 1. The zero-order chi connectivity index (χ0) is 16.8. The highest BCUT2D eigenvalue weighted by Gasteiger charge is 2.26. The lowest BCUT2D eigenvalue weighted by Gasteiger charge is -2.32. The van der Waals surface area contributed by atoms with Crippen molar-refractivity contribution < 1.29 is 9.13 Å². The molecule has 0 amide bonds. The average Bonchev–Trinajstić information content (AvgIpc) is 3.02. The summed E-state index contributed by atoms with van der Waals surface area (Å²) in [6.07, 6.45) is 6.14. The van der Waals surface area contributed by atoms with E-state index in [4.69, 9.17) is 4.74 Å². The molecule has 0 unspecified atom stereocenters. The van der Waals surface area contributed by atoms with E-state index in [9.17, 15) is 4.39 Å². The summed E-state index contributed by atoms with van der Waals surface area (Å²) < 4.78 is 20.4. The van der Waals surface area contributed by atoms with Gasteiger partial charge in [0, 0.05) is 6.04 Å². The number of benzene rings is 1. The highest BCUT2D eigenvalue weighted by Crippen LogP contribution is 2.24. The molecule has 1 fully saturated rings. The maximum atomic E-state index is 12.5. The van der Waals surface area contributed by atoms with Crippen molar-refractivity contribution in [3.63, 3.8) is 0 Å². The Balaban J connectivity index is 1.61. The van der Waals surface area contributed by atoms with E-state index in [2.05, 4.69) is 34.5 Å². The lowest BCUT2D eigenvalue weighted by atomic mass is 9.92. The summed E-state index contributed by atoms with van der Waals surface area (Å²) >= 11 is 0. The van der Waals surface area contributed by atoms with Gasteiger partial charge in [0.15, 0.2) is 0 Å². The zero-order valence-corrected chi connectivity index (χ0v) is 14.1. The largest absolute Gasteiger partial charge is 0.489 e. The lowest BCUT2D eigenvalue weighted by molar-refractivity contribution is 0.112. The molecule has 0 bridgehead atoms. The molecular formula is C18H25FN4O. The minimum absolute atomic E-state index is 0.151. The molecule has 0 aliphatic heterocycles. The first-order chi connectivity index (χ1) is 11.8. The Hall–Kier alpha value is -1.95. The summed E-state index contributed by atoms with van der Waals surface area (Å²) in [7, 11) is 0. The van der Waals surface area contributed by atoms with E-state index >= 15 is 0 Å². The average molecular weight is 332 g/mol. The monoisotopic (exact) mass is 332 g/mol. The van der Waals surface area contributed by atoms with E-state index in [0.29, 0.717) is 6.54 Å². The molecule has 2 atom stereocenters. The molecule has 130 valence electrons. The van der Waals surface area contributed by atoms with Gasteiger partial charge >= 0.3 is 0 Å². The molecule has 0 spiro atoms. The van der Waals surface area contributed by atoms with Crippen LogP contribution >= 0.6 is 0 Å². The van der Waals surface area contributed by atoms with Crippen molar-refractivity contribution >= 4 is 0 Å². The summed E-state index contributed by atoms with van der Waals surface area (Å²) in [4.78, 5) is 4.22. The predicted molar refractivity (Wildman–Crippen MR) is 90.7 cm³/mol. The van der Waals surface area contributed by atoms with Crippen molar-refractivity contribution in [2.24, 2.45) is 0 Å². The molecule has 1 heterocycles. The summed E-state index contributed by atoms with van der Waals surface area (Å²) in [5, 5.41) is 7.60. The number of aryl methyl sites for hydroxylation is 2. The molecule has 5 nitrogen and oxygen atoms in total. The van der Waals surface area contributed by atoms with Crippen LogP contribution in [0.1, 0.15) is 37.1 Å². The van der Waals surface area contributed by atoms with E-state index < -0.39 is 6.67 Å². The van der Waals surface area contributed by atoms with Crippen LogP contribution < -0.4 is 10.1 Å². The Morgan fingerprint density at radius 3 is 3.04 bits per heavy atom. The van der Waals surface area contributed by atoms with Crippen molar-refractivity contribution in [3.8, 4) is 5.75 Å². The first kappa shape index (κ1) is 16.9. The Kier molecular flexibility index (Phi) is 5.80. The van der Waals surface area contributed by atoms with Gasteiger partial charge in [-0.3, -0.25) is 0 Å². The van der Waals surface area contributed by atoms with Gasteiger partial charge in [-0.1, -0.05) is 18.6 Å². The van der Waals surface area contributed by atoms with Crippen LogP contribution in [0.25, 0.3) is 0 Å². The number of halogens is 1. The number of ether oxygens (including phenoxy) is 1. The van der Waals surface area contributed by atoms with Gasteiger partial charge in [-0.25, -0.2) is 14.1 Å². The standard InChI is InChI=1S/C18H25FN4O/c1-14-5-4-6-15(11-14)24-17-8-3-2-7-16(17)20-12-18-21-13-22-23(18)10-9-19/h4-6,11,13,16-17,20H,2-3,7-10,12H2,1H3/t16-,17-/m1/s1. The molecule has 1 aliphatic carbocycles. The van der Waals surface area contributed by atoms with Gasteiger partial charge in [0.1, 0.15) is 30.7 Å². The maximum Gasteiger partial charge on any atom is 0.140 e. The van der Waals surface area contributed by atoms with Gasteiger partial charge in [0.05, 0.1) is 13.1 Å². The minimum Gasteiger partial charge on any atom is -0.489 e. The Bertz CT molecular complexity index is 645. The summed E-state index contributed by atoms with van der Waals surface area (Å²) in [6.45, 7) is 2.48. The maximum absolute atomic E-state index is 12.5. The molecular weight excluding hydrogens is 307 g/mol. The predicted octanol–water partition coefficient (Wildman–Crippen LogP) is 3.04. The molecule has 3 rings (SSSR count). The van der Waals surface area contributed by atoms with Crippen LogP contribution in [0, 0.1) is 6.92 Å². The molecule has 24 heavy (non-hydrogen) atoms. The van der Waals surface area contributed by atoms with Crippen LogP contribution in [0.2, 0.25) is 0 Å². The highest BCUT2D eigenvalue weighted by atomic mass is 19.1. The van der Waals surface area contributed by atoms with E-state index in [-0.39, 0.29) is 18.7 Å². The third-order valence-corrected chi connectivity index (χ3v) is 4.49. The van der Waals surface area contributed by atoms with Gasteiger partial charge < -0.3 is 10.1 Å². The number of nitrogens with zero attached hydrogens (tertiary/aromatic N) is 3. The van der Waals surface area contributed by atoms with Crippen LogP contribution in [0.5, 0.6) is 5.75 Å². The number of rotatable bonds is 7. The SMILES string of the molecule is Cc1cccc(O[C@@H]2CCCC[C@H]2NCc2ncnn2CCF)c1. The normalized spacial score (nSPS) is 20.9. The molecule has 2 aromatic rings. The van der Waals surface area contributed by atoms with Gasteiger partial charge in [0.2, 0.25) is 0 Å². The van der Waals surface area contributed by atoms with Crippen molar-refractivity contribution in [1.82, 2.24) is 20.1 Å². The van der Waals surface area contributed by atoms with E-state index in [1.807, 2.05) is 12.1 Å². The van der Waals surface area contributed by atoms with Crippen molar-refractivity contribution in [3.05, 3.63) is 42.0 Å². The van der Waals surface area contributed by atoms with Gasteiger partial charge in [-0.2, -0.15) is 5.10 Å². The quantitative estimate of drug-likeness (QED) is 0.847. The fourth-order valence-electron chi connectivity index (χ4n) is 3.25. The third kappa shape index (κ3) is 4.32. The molecule has 0 radical (unpaired) electrons. The fraction of sp³-hybridized carbons (Fsp3) is 0.556. The molecule has 1 N–H and O–H groups in total. The Morgan fingerprint density at radius 2 is 2.21 bits per heavy atom. The van der Waals surface area contributed by atoms with E-state index in [1.165, 1.54) is 24.7 Å². The molecule has 1 aromatic carbocycles. The first-order valence-corrected chi connectivity index (χ1v) is 8.65. The molecule has 6 heteroatoms. The summed E-state index contributed by atoms with van der Waals surface area (Å²) in [5.41, 5.74) is 1.20. The number of nitrogens with one attached hydrogen (secondary N) is 1. The number of alkyl halides is 1. The van der Waals surface area contributed by atoms with Crippen LogP contribution in [0.15, 0.2) is 30.6 Å². The van der Waals surface area contributed by atoms with Crippen LogP contribution in [-0.4, -0.2) is 33.6 Å². The van der Waals surface area contributed by atoms with Crippen molar-refractivity contribution in [2.45, 2.75) is 57.8 Å². The smallest absolute Gasteiger partial charge is 0.140 e.